The van der Waals surface area contributed by atoms with Crippen molar-refractivity contribution in [2.75, 3.05) is 0 Å². The molecular formula is C9H14O2. The van der Waals surface area contributed by atoms with Gasteiger partial charge >= 0.3 is 0 Å². The molecule has 0 heterocycles. The van der Waals surface area contributed by atoms with Gasteiger partial charge in [-0.3, -0.25) is 4.79 Å². The van der Waals surface area contributed by atoms with Crippen LogP contribution >= 0.6 is 0 Å². The zero-order valence-electron chi connectivity index (χ0n) is 6.84. The summed E-state index contributed by atoms with van der Waals surface area (Å²) < 4.78 is 0. The van der Waals surface area contributed by atoms with E-state index >= 15 is 0 Å². The largest absolute Gasteiger partial charge is 0.393 e. The molecule has 0 saturated heterocycles. The van der Waals surface area contributed by atoms with Gasteiger partial charge in [0, 0.05) is 5.41 Å². The molecule has 11 heavy (non-hydrogen) atoms. The summed E-state index contributed by atoms with van der Waals surface area (Å²) in [5, 5.41) is 9.48. The molecule has 3 atom stereocenters. The number of ketones is 1. The van der Waals surface area contributed by atoms with E-state index in [4.69, 9.17) is 0 Å². The average molecular weight is 154 g/mol. The van der Waals surface area contributed by atoms with Crippen LogP contribution in [-0.4, -0.2) is 17.0 Å². The van der Waals surface area contributed by atoms with Crippen molar-refractivity contribution < 1.29 is 9.90 Å². The first-order valence-electron chi connectivity index (χ1n) is 4.33. The molecule has 1 N–H and O–H groups in total. The number of rotatable bonds is 1. The molecule has 0 spiro atoms. The number of hydrogen-bond donors (Lipinski definition) is 1. The van der Waals surface area contributed by atoms with E-state index in [1.807, 2.05) is 0 Å². The van der Waals surface area contributed by atoms with Crippen molar-refractivity contribution in [3.05, 3.63) is 0 Å². The van der Waals surface area contributed by atoms with E-state index in [0.717, 1.165) is 25.7 Å². The lowest BCUT2D eigenvalue weighted by Crippen LogP contribution is -2.27. The summed E-state index contributed by atoms with van der Waals surface area (Å²) in [5.41, 5.74) is -0.107. The Labute approximate surface area is 66.6 Å². The van der Waals surface area contributed by atoms with Crippen LogP contribution in [0, 0.1) is 11.3 Å². The molecule has 2 heteroatoms. The van der Waals surface area contributed by atoms with Gasteiger partial charge in [-0.25, -0.2) is 0 Å². The maximum Gasteiger partial charge on any atom is 0.136 e. The molecule has 0 amide bonds. The fraction of sp³-hybridized carbons (Fsp3) is 0.889. The quantitative estimate of drug-likeness (QED) is 0.614. The van der Waals surface area contributed by atoms with Crippen LogP contribution in [0.15, 0.2) is 0 Å². The highest BCUT2D eigenvalue weighted by Crippen LogP contribution is 2.54. The number of aliphatic hydroxyl groups excluding tert-OH is 1. The number of hydrogen-bond acceptors (Lipinski definition) is 2. The molecule has 2 aliphatic rings. The molecule has 0 radical (unpaired) electrons. The summed E-state index contributed by atoms with van der Waals surface area (Å²) in [6, 6.07) is 0. The Hall–Kier alpha value is -0.370. The molecule has 2 saturated carbocycles. The Balaban J connectivity index is 2.23. The maximum absolute atomic E-state index is 11.3. The van der Waals surface area contributed by atoms with Crippen molar-refractivity contribution in [3.8, 4) is 0 Å². The molecule has 2 bridgehead atoms. The van der Waals surface area contributed by atoms with Crippen molar-refractivity contribution in [1.82, 2.24) is 0 Å². The van der Waals surface area contributed by atoms with Crippen molar-refractivity contribution >= 4 is 5.78 Å². The van der Waals surface area contributed by atoms with Crippen LogP contribution < -0.4 is 0 Å². The van der Waals surface area contributed by atoms with Crippen molar-refractivity contribution in [1.29, 1.82) is 0 Å². The molecule has 62 valence electrons. The molecular weight excluding hydrogens is 140 g/mol. The maximum atomic E-state index is 11.3. The predicted octanol–water partition coefficient (Wildman–Crippen LogP) is 1.13. The lowest BCUT2D eigenvalue weighted by molar-refractivity contribution is -0.126. The molecule has 2 fully saturated rings. The fourth-order valence-electron chi connectivity index (χ4n) is 2.71. The zero-order valence-corrected chi connectivity index (χ0v) is 6.84. The second kappa shape index (κ2) is 2.07. The van der Waals surface area contributed by atoms with E-state index in [-0.39, 0.29) is 17.3 Å². The Morgan fingerprint density at radius 3 is 2.55 bits per heavy atom. The summed E-state index contributed by atoms with van der Waals surface area (Å²) in [6.45, 7) is 1.67. The summed E-state index contributed by atoms with van der Waals surface area (Å²) in [4.78, 5) is 11.3. The second-order valence-electron chi connectivity index (χ2n) is 4.11. The highest BCUT2D eigenvalue weighted by Gasteiger charge is 2.52. The first-order valence-corrected chi connectivity index (χ1v) is 4.33. The molecule has 2 aliphatic carbocycles. The normalized spacial score (nSPS) is 48.2. The molecule has 0 aromatic heterocycles. The van der Waals surface area contributed by atoms with Crippen LogP contribution in [0.5, 0.6) is 0 Å². The van der Waals surface area contributed by atoms with E-state index in [1.54, 1.807) is 6.92 Å². The van der Waals surface area contributed by atoms with E-state index in [2.05, 4.69) is 0 Å². The molecule has 0 aliphatic heterocycles. The molecule has 0 aromatic carbocycles. The first-order chi connectivity index (χ1) is 5.14. The van der Waals surface area contributed by atoms with Crippen molar-refractivity contribution in [2.24, 2.45) is 11.3 Å². The van der Waals surface area contributed by atoms with E-state index in [0.29, 0.717) is 5.92 Å². The van der Waals surface area contributed by atoms with Crippen molar-refractivity contribution in [3.63, 3.8) is 0 Å². The number of aliphatic hydroxyl groups is 1. The lowest BCUT2D eigenvalue weighted by Gasteiger charge is -2.24. The predicted molar refractivity (Wildman–Crippen MR) is 41.1 cm³/mol. The van der Waals surface area contributed by atoms with Crippen LogP contribution in [0.1, 0.15) is 32.6 Å². The number of carbonyl (C=O) groups is 1. The minimum absolute atomic E-state index is 0.107. The van der Waals surface area contributed by atoms with Crippen LogP contribution in [-0.2, 0) is 4.79 Å². The van der Waals surface area contributed by atoms with E-state index < -0.39 is 0 Å². The van der Waals surface area contributed by atoms with Gasteiger partial charge < -0.3 is 5.11 Å². The van der Waals surface area contributed by atoms with Gasteiger partial charge in [-0.15, -0.1) is 0 Å². The third kappa shape index (κ3) is 0.853. The summed E-state index contributed by atoms with van der Waals surface area (Å²) >= 11 is 0. The number of fused-ring (bicyclic) bond motifs is 2. The average Bonchev–Trinajstić information content (AvgIpc) is 2.44. The van der Waals surface area contributed by atoms with Crippen molar-refractivity contribution in [2.45, 2.75) is 38.7 Å². The first kappa shape index (κ1) is 7.29. The Bertz CT molecular complexity index is 196. The number of Topliss-reactive ketones (excluding diaryl/α,β-unsaturated/α-hetero) is 1. The fourth-order valence-corrected chi connectivity index (χ4v) is 2.71. The van der Waals surface area contributed by atoms with E-state index in [9.17, 15) is 9.90 Å². The smallest absolute Gasteiger partial charge is 0.136 e. The van der Waals surface area contributed by atoms with Crippen LogP contribution in [0.3, 0.4) is 0 Å². The van der Waals surface area contributed by atoms with Crippen LogP contribution in [0.4, 0.5) is 0 Å². The van der Waals surface area contributed by atoms with Gasteiger partial charge in [-0.1, -0.05) is 0 Å². The van der Waals surface area contributed by atoms with Gasteiger partial charge in [0.05, 0.1) is 6.10 Å². The van der Waals surface area contributed by atoms with Gasteiger partial charge in [-0.05, 0) is 38.5 Å². The van der Waals surface area contributed by atoms with Gasteiger partial charge in [0.1, 0.15) is 5.78 Å². The third-order valence-electron chi connectivity index (χ3n) is 3.54. The molecule has 2 rings (SSSR count). The topological polar surface area (TPSA) is 37.3 Å². The minimum atomic E-state index is -0.187. The highest BCUT2D eigenvalue weighted by molar-refractivity contribution is 5.83. The Kier molecular flexibility index (Phi) is 1.37. The van der Waals surface area contributed by atoms with Gasteiger partial charge in [0.25, 0.3) is 0 Å². The van der Waals surface area contributed by atoms with E-state index in [1.165, 1.54) is 0 Å². The Morgan fingerprint density at radius 1 is 1.55 bits per heavy atom. The van der Waals surface area contributed by atoms with Gasteiger partial charge in [0.15, 0.2) is 0 Å². The Morgan fingerprint density at radius 2 is 2.27 bits per heavy atom. The monoisotopic (exact) mass is 154 g/mol. The van der Waals surface area contributed by atoms with Crippen LogP contribution in [0.2, 0.25) is 0 Å². The van der Waals surface area contributed by atoms with Gasteiger partial charge in [0.2, 0.25) is 0 Å². The summed E-state index contributed by atoms with van der Waals surface area (Å²) in [7, 11) is 0. The summed E-state index contributed by atoms with van der Waals surface area (Å²) in [5.74, 6) is 0.718. The molecule has 2 nitrogen and oxygen atoms in total. The second-order valence-corrected chi connectivity index (χ2v) is 4.11. The highest BCUT2D eigenvalue weighted by atomic mass is 16.3. The van der Waals surface area contributed by atoms with Crippen LogP contribution in [0.25, 0.3) is 0 Å². The zero-order chi connectivity index (χ0) is 8.06. The lowest BCUT2D eigenvalue weighted by atomic mass is 9.80. The molecule has 0 unspecified atom stereocenters. The van der Waals surface area contributed by atoms with Gasteiger partial charge in [-0.2, -0.15) is 0 Å². The minimum Gasteiger partial charge on any atom is -0.393 e. The SMILES string of the molecule is CC(=O)[C@]12CC[C@H](C1)[C@H](O)C2. The molecule has 0 aromatic rings. The summed E-state index contributed by atoms with van der Waals surface area (Å²) in [6.07, 6.45) is 3.56. The number of carbonyl (C=O) groups excluding carboxylic acids is 1. The standard InChI is InChI=1S/C9H14O2/c1-6(10)9-3-2-7(4-9)8(11)5-9/h7-8,11H,2-5H2,1H3/t7-,8-,9-/m1/s1. The third-order valence-corrected chi connectivity index (χ3v) is 3.54.